The minimum atomic E-state index is -4.58. The van der Waals surface area contributed by atoms with Gasteiger partial charge in [-0.05, 0) is 12.2 Å². The first-order chi connectivity index (χ1) is 6.38. The van der Waals surface area contributed by atoms with E-state index in [1.807, 2.05) is 0 Å². The SMILES string of the molecule is [N-]=[N+]=C1C(O)=CC=C(S(=O)(=O)O)C1O. The summed E-state index contributed by atoms with van der Waals surface area (Å²) in [5.41, 5.74) is 7.70. The van der Waals surface area contributed by atoms with E-state index in [4.69, 9.17) is 15.2 Å². The number of aliphatic hydroxyl groups excluding tert-OH is 2. The Morgan fingerprint density at radius 2 is 2.00 bits per heavy atom. The lowest BCUT2D eigenvalue weighted by atomic mass is 10.1. The van der Waals surface area contributed by atoms with Gasteiger partial charge in [0.05, 0.1) is 0 Å². The van der Waals surface area contributed by atoms with E-state index in [-0.39, 0.29) is 0 Å². The number of hydrogen-bond donors (Lipinski definition) is 3. The summed E-state index contributed by atoms with van der Waals surface area (Å²) in [6.07, 6.45) is -0.186. The Morgan fingerprint density at radius 1 is 1.43 bits per heavy atom. The fourth-order valence-corrected chi connectivity index (χ4v) is 1.58. The van der Waals surface area contributed by atoms with Gasteiger partial charge in [-0.15, -0.1) is 0 Å². The molecule has 0 fully saturated rings. The minimum absolute atomic E-state index is 0.576. The maximum Gasteiger partial charge on any atom is 0.366 e. The van der Waals surface area contributed by atoms with Crippen molar-refractivity contribution in [3.8, 4) is 0 Å². The van der Waals surface area contributed by atoms with Crippen LogP contribution in [0.25, 0.3) is 5.53 Å². The fraction of sp³-hybridized carbons (Fsp3) is 0.167. The van der Waals surface area contributed by atoms with Gasteiger partial charge in [0.1, 0.15) is 4.91 Å². The molecule has 14 heavy (non-hydrogen) atoms. The van der Waals surface area contributed by atoms with Crippen molar-refractivity contribution in [2.45, 2.75) is 6.10 Å². The minimum Gasteiger partial charge on any atom is -0.502 e. The van der Waals surface area contributed by atoms with Gasteiger partial charge in [-0.2, -0.15) is 13.2 Å². The van der Waals surface area contributed by atoms with E-state index < -0.39 is 32.6 Å². The molecule has 1 aliphatic carbocycles. The van der Waals surface area contributed by atoms with Gasteiger partial charge in [-0.1, -0.05) is 0 Å². The second-order valence-electron chi connectivity index (χ2n) is 2.48. The molecule has 8 heteroatoms. The molecule has 76 valence electrons. The van der Waals surface area contributed by atoms with Crippen LogP contribution in [0, 0.1) is 0 Å². The summed E-state index contributed by atoms with van der Waals surface area (Å²) in [7, 11) is -4.58. The Bertz CT molecular complexity index is 468. The van der Waals surface area contributed by atoms with E-state index in [2.05, 4.69) is 4.79 Å². The smallest absolute Gasteiger partial charge is 0.366 e. The van der Waals surface area contributed by atoms with Crippen LogP contribution in [0.5, 0.6) is 0 Å². The first-order valence-corrected chi connectivity index (χ1v) is 4.80. The van der Waals surface area contributed by atoms with Gasteiger partial charge in [-0.3, -0.25) is 4.55 Å². The van der Waals surface area contributed by atoms with Crippen molar-refractivity contribution in [1.82, 2.24) is 0 Å². The van der Waals surface area contributed by atoms with Crippen molar-refractivity contribution in [3.05, 3.63) is 28.3 Å². The summed E-state index contributed by atoms with van der Waals surface area (Å²) in [6.45, 7) is 0. The molecule has 0 aromatic heterocycles. The summed E-state index contributed by atoms with van der Waals surface area (Å²) in [5, 5.41) is 18.2. The quantitative estimate of drug-likeness (QED) is 0.302. The third-order valence-corrected chi connectivity index (χ3v) is 2.56. The molecule has 0 amide bonds. The number of nitrogens with zero attached hydrogens (tertiary/aromatic N) is 2. The van der Waals surface area contributed by atoms with Crippen molar-refractivity contribution >= 4 is 15.8 Å². The largest absolute Gasteiger partial charge is 0.502 e. The maximum atomic E-state index is 10.6. The first-order valence-electron chi connectivity index (χ1n) is 3.36. The lowest BCUT2D eigenvalue weighted by Gasteiger charge is -2.10. The van der Waals surface area contributed by atoms with Crippen LogP contribution in [0.4, 0.5) is 0 Å². The third-order valence-electron chi connectivity index (χ3n) is 1.60. The van der Waals surface area contributed by atoms with Crippen LogP contribution < -0.4 is 0 Å². The predicted molar refractivity (Wildman–Crippen MR) is 45.0 cm³/mol. The molecule has 0 aromatic rings. The molecule has 1 unspecified atom stereocenters. The maximum absolute atomic E-state index is 10.6. The van der Waals surface area contributed by atoms with Crippen LogP contribution in [0.3, 0.4) is 0 Å². The van der Waals surface area contributed by atoms with Crippen LogP contribution in [0.15, 0.2) is 22.8 Å². The second kappa shape index (κ2) is 3.35. The van der Waals surface area contributed by atoms with Crippen molar-refractivity contribution in [2.75, 3.05) is 0 Å². The summed E-state index contributed by atoms with van der Waals surface area (Å²) >= 11 is 0. The normalized spacial score (nSPS) is 22.4. The molecule has 3 N–H and O–H groups in total. The lowest BCUT2D eigenvalue weighted by Crippen LogP contribution is -2.31. The summed E-state index contributed by atoms with van der Waals surface area (Å²) in [6, 6.07) is 0. The van der Waals surface area contributed by atoms with Crippen LogP contribution in [0.1, 0.15) is 0 Å². The van der Waals surface area contributed by atoms with Crippen molar-refractivity contribution in [2.24, 2.45) is 0 Å². The highest BCUT2D eigenvalue weighted by molar-refractivity contribution is 7.89. The zero-order chi connectivity index (χ0) is 10.9. The highest BCUT2D eigenvalue weighted by atomic mass is 32.2. The van der Waals surface area contributed by atoms with Crippen LogP contribution in [0.2, 0.25) is 0 Å². The van der Waals surface area contributed by atoms with Gasteiger partial charge in [-0.25, -0.2) is 0 Å². The van der Waals surface area contributed by atoms with Crippen molar-refractivity contribution < 1.29 is 28.0 Å². The molecule has 0 bridgehead atoms. The van der Waals surface area contributed by atoms with E-state index in [1.165, 1.54) is 0 Å². The molecule has 0 aromatic carbocycles. The molecule has 1 rings (SSSR count). The zero-order valence-electron chi connectivity index (χ0n) is 6.69. The standard InChI is InChI=1S/C6H6N2O5S/c7-8-5-3(9)1-2-4(6(5)10)14(11,12)13/h1-2,6,9-10H,(H,11,12,13). The van der Waals surface area contributed by atoms with Gasteiger partial charge in [0, 0.05) is 0 Å². The Hall–Kier alpha value is -1.47. The molecule has 1 aliphatic rings. The molecule has 0 saturated carbocycles. The summed E-state index contributed by atoms with van der Waals surface area (Å²) in [5.74, 6) is -0.576. The van der Waals surface area contributed by atoms with E-state index in [0.29, 0.717) is 0 Å². The van der Waals surface area contributed by atoms with Gasteiger partial charge in [0.25, 0.3) is 10.1 Å². The van der Waals surface area contributed by atoms with E-state index >= 15 is 0 Å². The van der Waals surface area contributed by atoms with E-state index in [0.717, 1.165) is 12.2 Å². The third kappa shape index (κ3) is 1.73. The van der Waals surface area contributed by atoms with Crippen molar-refractivity contribution in [1.29, 1.82) is 0 Å². The molecule has 7 nitrogen and oxygen atoms in total. The average Bonchev–Trinajstić information content (AvgIpc) is 2.02. The molecular formula is C6H6N2O5S. The molecule has 0 aliphatic heterocycles. The fourth-order valence-electron chi connectivity index (χ4n) is 0.945. The number of allylic oxidation sites excluding steroid dienone is 2. The van der Waals surface area contributed by atoms with Crippen LogP contribution in [-0.2, 0) is 10.1 Å². The average molecular weight is 218 g/mol. The summed E-state index contributed by atoms with van der Waals surface area (Å²) in [4.78, 5) is 1.74. The Kier molecular flexibility index (Phi) is 2.54. The van der Waals surface area contributed by atoms with Crippen molar-refractivity contribution in [3.63, 3.8) is 0 Å². The van der Waals surface area contributed by atoms with E-state index in [1.54, 1.807) is 0 Å². The molecule has 0 heterocycles. The van der Waals surface area contributed by atoms with Crippen LogP contribution in [-0.4, -0.2) is 39.8 Å². The number of aliphatic hydroxyl groups is 2. The monoisotopic (exact) mass is 218 g/mol. The molecule has 0 saturated heterocycles. The van der Waals surface area contributed by atoms with Gasteiger partial charge in [0.15, 0.2) is 6.10 Å². The molecule has 0 radical (unpaired) electrons. The number of hydrogen-bond acceptors (Lipinski definition) is 4. The molecule has 1 atom stereocenters. The van der Waals surface area contributed by atoms with Gasteiger partial charge < -0.3 is 15.7 Å². The summed E-state index contributed by atoms with van der Waals surface area (Å²) < 4.78 is 29.9. The Labute approximate surface area is 79.0 Å². The molecular weight excluding hydrogens is 212 g/mol. The van der Waals surface area contributed by atoms with Gasteiger partial charge in [0.2, 0.25) is 5.76 Å². The zero-order valence-corrected chi connectivity index (χ0v) is 7.51. The Morgan fingerprint density at radius 3 is 2.43 bits per heavy atom. The number of rotatable bonds is 1. The van der Waals surface area contributed by atoms with Gasteiger partial charge >= 0.3 is 5.71 Å². The molecule has 0 spiro atoms. The predicted octanol–water partition coefficient (Wildman–Crippen LogP) is -0.755. The van der Waals surface area contributed by atoms with E-state index in [9.17, 15) is 13.5 Å². The highest BCUT2D eigenvalue weighted by Crippen LogP contribution is 2.18. The lowest BCUT2D eigenvalue weighted by molar-refractivity contribution is -0.0204. The Balaban J connectivity index is 3.34. The topological polar surface area (TPSA) is 131 Å². The highest BCUT2D eigenvalue weighted by Gasteiger charge is 2.37. The van der Waals surface area contributed by atoms with Crippen LogP contribution >= 0.6 is 0 Å². The second-order valence-corrected chi connectivity index (χ2v) is 3.91. The first kappa shape index (κ1) is 10.6.